The van der Waals surface area contributed by atoms with Crippen LogP contribution in [0.4, 0.5) is 5.13 Å². The largest absolute Gasteiger partial charge is 0.368 e. The van der Waals surface area contributed by atoms with Gasteiger partial charge in [-0.25, -0.2) is 4.98 Å². The highest BCUT2D eigenvalue weighted by Gasteiger charge is 2.29. The predicted molar refractivity (Wildman–Crippen MR) is 65.0 cm³/mol. The molecule has 1 unspecified atom stereocenters. The Balaban J connectivity index is 2.30. The second-order valence-electron chi connectivity index (χ2n) is 3.54. The molecule has 2 heterocycles. The molecule has 1 aliphatic rings. The molecule has 0 saturated carbocycles. The van der Waals surface area contributed by atoms with Crippen molar-refractivity contribution in [1.82, 2.24) is 10.3 Å². The highest BCUT2D eigenvalue weighted by Crippen LogP contribution is 2.30. The fourth-order valence-corrected chi connectivity index (χ4v) is 2.79. The molecule has 1 fully saturated rings. The molecule has 0 aliphatic carbocycles. The van der Waals surface area contributed by atoms with Crippen LogP contribution in [0.2, 0.25) is 5.15 Å². The Morgan fingerprint density at radius 3 is 3.12 bits per heavy atom. The van der Waals surface area contributed by atoms with Gasteiger partial charge in [-0.2, -0.15) is 5.26 Å². The van der Waals surface area contributed by atoms with Crippen molar-refractivity contribution in [2.45, 2.75) is 6.04 Å². The Kier molecular flexibility index (Phi) is 3.47. The van der Waals surface area contributed by atoms with Gasteiger partial charge in [-0.3, -0.25) is 4.79 Å². The first kappa shape index (κ1) is 12.1. The van der Waals surface area contributed by atoms with Gasteiger partial charge in [-0.1, -0.05) is 22.9 Å². The maximum Gasteiger partial charge on any atom is 0.241 e. The summed E-state index contributed by atoms with van der Waals surface area (Å²) in [5.41, 5.74) is 5.33. The van der Waals surface area contributed by atoms with Crippen LogP contribution in [0, 0.1) is 11.3 Å². The minimum Gasteiger partial charge on any atom is -0.368 e. The van der Waals surface area contributed by atoms with Crippen LogP contribution in [0.3, 0.4) is 0 Å². The lowest BCUT2D eigenvalue weighted by Crippen LogP contribution is -2.57. The van der Waals surface area contributed by atoms with E-state index in [9.17, 15) is 4.79 Å². The van der Waals surface area contributed by atoms with Crippen LogP contribution in [0.1, 0.15) is 4.88 Å². The smallest absolute Gasteiger partial charge is 0.241 e. The highest BCUT2D eigenvalue weighted by atomic mass is 35.5. The van der Waals surface area contributed by atoms with E-state index in [0.29, 0.717) is 23.1 Å². The predicted octanol–water partition coefficient (Wildman–Crippen LogP) is -0.0683. The molecule has 0 spiro atoms. The molecule has 6 nitrogen and oxygen atoms in total. The van der Waals surface area contributed by atoms with E-state index in [2.05, 4.69) is 10.3 Å². The number of nitrogens with two attached hydrogens (primary N) is 1. The van der Waals surface area contributed by atoms with Gasteiger partial charge in [0, 0.05) is 19.6 Å². The van der Waals surface area contributed by atoms with Crippen LogP contribution in [-0.2, 0) is 4.79 Å². The average Bonchev–Trinajstić information content (AvgIpc) is 2.70. The number of anilines is 1. The number of hydrogen-bond acceptors (Lipinski definition) is 6. The van der Waals surface area contributed by atoms with Crippen molar-refractivity contribution in [1.29, 1.82) is 5.26 Å². The fourth-order valence-electron chi connectivity index (χ4n) is 1.67. The number of thiazole rings is 1. The van der Waals surface area contributed by atoms with E-state index in [1.54, 1.807) is 4.90 Å². The Morgan fingerprint density at radius 2 is 2.53 bits per heavy atom. The Morgan fingerprint density at radius 1 is 1.76 bits per heavy atom. The summed E-state index contributed by atoms with van der Waals surface area (Å²) in [4.78, 5) is 17.5. The van der Waals surface area contributed by atoms with Crippen LogP contribution in [0.15, 0.2) is 0 Å². The lowest BCUT2D eigenvalue weighted by molar-refractivity contribution is -0.119. The zero-order valence-electron chi connectivity index (χ0n) is 8.81. The number of rotatable bonds is 2. The average molecular weight is 272 g/mol. The molecular weight excluding hydrogens is 262 g/mol. The second-order valence-corrected chi connectivity index (χ2v) is 4.88. The minimum absolute atomic E-state index is 0.175. The Labute approximate surface area is 107 Å². The zero-order chi connectivity index (χ0) is 12.4. The van der Waals surface area contributed by atoms with E-state index in [-0.39, 0.29) is 5.15 Å². The van der Waals surface area contributed by atoms with Crippen LogP contribution in [-0.4, -0.2) is 36.6 Å². The van der Waals surface area contributed by atoms with Crippen molar-refractivity contribution < 1.29 is 4.79 Å². The fraction of sp³-hybridized carbons (Fsp3) is 0.444. The normalized spacial score (nSPS) is 20.0. The lowest BCUT2D eigenvalue weighted by Gasteiger charge is -2.33. The molecule has 90 valence electrons. The molecule has 1 aliphatic heterocycles. The van der Waals surface area contributed by atoms with Gasteiger partial charge in [0.1, 0.15) is 17.0 Å². The van der Waals surface area contributed by atoms with Crippen LogP contribution in [0.25, 0.3) is 0 Å². The van der Waals surface area contributed by atoms with Gasteiger partial charge in [0.2, 0.25) is 5.91 Å². The van der Waals surface area contributed by atoms with Crippen molar-refractivity contribution in [3.05, 3.63) is 10.0 Å². The molecule has 3 N–H and O–H groups in total. The third-order valence-corrected chi connectivity index (χ3v) is 3.88. The van der Waals surface area contributed by atoms with Gasteiger partial charge in [0.05, 0.1) is 0 Å². The van der Waals surface area contributed by atoms with Crippen molar-refractivity contribution in [2.75, 3.05) is 24.5 Å². The van der Waals surface area contributed by atoms with E-state index < -0.39 is 11.9 Å². The number of amides is 1. The standard InChI is InChI=1S/C9H10ClN5OS/c10-7-6(3-11)17-9(14-7)15-2-1-13-4-5(15)8(12)16/h5,13H,1-2,4H2,(H2,12,16). The second kappa shape index (κ2) is 4.87. The molecule has 0 bridgehead atoms. The Bertz CT molecular complexity index is 482. The monoisotopic (exact) mass is 271 g/mol. The molecule has 0 aromatic carbocycles. The zero-order valence-corrected chi connectivity index (χ0v) is 10.4. The third kappa shape index (κ3) is 2.34. The van der Waals surface area contributed by atoms with Gasteiger partial charge in [0.25, 0.3) is 0 Å². The van der Waals surface area contributed by atoms with Gasteiger partial charge in [-0.15, -0.1) is 0 Å². The molecule has 1 aromatic heterocycles. The summed E-state index contributed by atoms with van der Waals surface area (Å²) in [5.74, 6) is -0.415. The number of nitrogens with one attached hydrogen (secondary N) is 1. The summed E-state index contributed by atoms with van der Waals surface area (Å²) in [6.07, 6.45) is 0. The van der Waals surface area contributed by atoms with E-state index in [1.165, 1.54) is 11.3 Å². The number of primary amides is 1. The first-order valence-electron chi connectivity index (χ1n) is 4.96. The molecule has 8 heteroatoms. The highest BCUT2D eigenvalue weighted by molar-refractivity contribution is 7.16. The van der Waals surface area contributed by atoms with Gasteiger partial charge >= 0.3 is 0 Å². The quantitative estimate of drug-likeness (QED) is 0.785. The molecule has 1 aromatic rings. The number of nitrogens with zero attached hydrogens (tertiary/aromatic N) is 3. The number of carbonyl (C=O) groups excluding carboxylic acids is 1. The first-order chi connectivity index (χ1) is 8.13. The maximum atomic E-state index is 11.3. The van der Waals surface area contributed by atoms with E-state index in [1.807, 2.05) is 6.07 Å². The van der Waals surface area contributed by atoms with Crippen molar-refractivity contribution in [2.24, 2.45) is 5.73 Å². The van der Waals surface area contributed by atoms with Crippen molar-refractivity contribution in [3.8, 4) is 6.07 Å². The summed E-state index contributed by atoms with van der Waals surface area (Å²) >= 11 is 6.98. The Hall–Kier alpha value is -1.36. The molecule has 1 atom stereocenters. The SMILES string of the molecule is N#Cc1sc(N2CCNCC2C(N)=O)nc1Cl. The minimum atomic E-state index is -0.447. The van der Waals surface area contributed by atoms with Crippen LogP contribution in [0.5, 0.6) is 0 Å². The molecule has 1 amide bonds. The molecule has 1 saturated heterocycles. The number of piperazine rings is 1. The number of hydrogen-bond donors (Lipinski definition) is 2. The topological polar surface area (TPSA) is 95.0 Å². The summed E-state index contributed by atoms with van der Waals surface area (Å²) < 4.78 is 0. The third-order valence-electron chi connectivity index (χ3n) is 2.49. The maximum absolute atomic E-state index is 11.3. The van der Waals surface area contributed by atoms with Gasteiger partial charge in [-0.05, 0) is 0 Å². The van der Waals surface area contributed by atoms with E-state index in [4.69, 9.17) is 22.6 Å². The van der Waals surface area contributed by atoms with Gasteiger partial charge < -0.3 is 16.0 Å². The summed E-state index contributed by atoms with van der Waals surface area (Å²) in [5, 5.41) is 12.6. The first-order valence-corrected chi connectivity index (χ1v) is 6.16. The van der Waals surface area contributed by atoms with Crippen LogP contribution < -0.4 is 16.0 Å². The molecule has 0 radical (unpaired) electrons. The van der Waals surface area contributed by atoms with E-state index in [0.717, 1.165) is 6.54 Å². The number of aromatic nitrogens is 1. The summed E-state index contributed by atoms with van der Waals surface area (Å²) in [7, 11) is 0. The number of nitriles is 1. The lowest BCUT2D eigenvalue weighted by atomic mass is 10.2. The number of halogens is 1. The molecule has 17 heavy (non-hydrogen) atoms. The van der Waals surface area contributed by atoms with Crippen molar-refractivity contribution in [3.63, 3.8) is 0 Å². The summed E-state index contributed by atoms with van der Waals surface area (Å²) in [6, 6.07) is 1.52. The number of carbonyl (C=O) groups is 1. The van der Waals surface area contributed by atoms with Crippen LogP contribution >= 0.6 is 22.9 Å². The molecule has 2 rings (SSSR count). The molecular formula is C9H10ClN5OS. The summed E-state index contributed by atoms with van der Waals surface area (Å²) in [6.45, 7) is 1.83. The van der Waals surface area contributed by atoms with Gasteiger partial charge in [0.15, 0.2) is 10.3 Å². The van der Waals surface area contributed by atoms with Crippen molar-refractivity contribution >= 4 is 34.0 Å². The van der Waals surface area contributed by atoms with E-state index >= 15 is 0 Å².